The van der Waals surface area contributed by atoms with Crippen LogP contribution in [-0.4, -0.2) is 25.2 Å². The average molecular weight is 324 g/mol. The lowest BCUT2D eigenvalue weighted by Gasteiger charge is -2.23. The zero-order valence-corrected chi connectivity index (χ0v) is 12.6. The van der Waals surface area contributed by atoms with Crippen molar-refractivity contribution < 1.29 is 9.53 Å². The van der Waals surface area contributed by atoms with Gasteiger partial charge in [-0.2, -0.15) is 0 Å². The number of nitrogens with one attached hydrogen (secondary N) is 1. The van der Waals surface area contributed by atoms with E-state index in [9.17, 15) is 4.79 Å². The number of ether oxygens (including phenoxy) is 1. The van der Waals surface area contributed by atoms with E-state index < -0.39 is 0 Å². The summed E-state index contributed by atoms with van der Waals surface area (Å²) in [6, 6.07) is 6.27. The molecular formula is C15H18BrNO2. The molecule has 1 aromatic rings. The number of rotatable bonds is 2. The Hall–Kier alpha value is -0.870. The molecule has 2 aliphatic heterocycles. The molecule has 3 atom stereocenters. The molecule has 1 amide bonds. The maximum atomic E-state index is 11.9. The highest BCUT2D eigenvalue weighted by molar-refractivity contribution is 9.09. The van der Waals surface area contributed by atoms with Crippen LogP contribution in [0.2, 0.25) is 0 Å². The summed E-state index contributed by atoms with van der Waals surface area (Å²) in [6.07, 6.45) is 2.27. The highest BCUT2D eigenvalue weighted by atomic mass is 79.9. The van der Waals surface area contributed by atoms with Crippen molar-refractivity contribution in [1.82, 2.24) is 5.32 Å². The molecule has 0 spiro atoms. The Morgan fingerprint density at radius 2 is 2.32 bits per heavy atom. The molecule has 0 radical (unpaired) electrons. The molecule has 1 fully saturated rings. The smallest absolute Gasteiger partial charge is 0.251 e. The van der Waals surface area contributed by atoms with Gasteiger partial charge in [0.15, 0.2) is 0 Å². The standard InChI is InChI=1S/C15H18BrNO2/c1-9-12(5-7-19-9)14(16)11-3-2-10-4-6-17-15(18)13(10)8-11/h2-3,8-9,12,14H,4-7H2,1H3,(H,17,18). The minimum atomic E-state index is 0.0542. The van der Waals surface area contributed by atoms with E-state index in [-0.39, 0.29) is 16.8 Å². The number of benzene rings is 1. The molecule has 1 N–H and O–H groups in total. The van der Waals surface area contributed by atoms with Crippen LogP contribution >= 0.6 is 15.9 Å². The molecule has 3 nitrogen and oxygen atoms in total. The first-order chi connectivity index (χ1) is 9.16. The van der Waals surface area contributed by atoms with E-state index >= 15 is 0 Å². The van der Waals surface area contributed by atoms with E-state index in [2.05, 4.69) is 40.3 Å². The van der Waals surface area contributed by atoms with Crippen LogP contribution < -0.4 is 5.32 Å². The predicted octanol–water partition coefficient (Wildman–Crippen LogP) is 2.83. The van der Waals surface area contributed by atoms with Crippen molar-refractivity contribution in [2.45, 2.75) is 30.7 Å². The lowest BCUT2D eigenvalue weighted by Crippen LogP contribution is -2.32. The second-order valence-electron chi connectivity index (χ2n) is 5.35. The Morgan fingerprint density at radius 3 is 3.05 bits per heavy atom. The van der Waals surface area contributed by atoms with Crippen molar-refractivity contribution in [3.8, 4) is 0 Å². The monoisotopic (exact) mass is 323 g/mol. The Labute approximate surface area is 121 Å². The lowest BCUT2D eigenvalue weighted by molar-refractivity contribution is 0.0946. The fourth-order valence-electron chi connectivity index (χ4n) is 2.98. The van der Waals surface area contributed by atoms with Gasteiger partial charge < -0.3 is 10.1 Å². The normalized spacial score (nSPS) is 27.8. The fraction of sp³-hybridized carbons (Fsp3) is 0.533. The Morgan fingerprint density at radius 1 is 1.47 bits per heavy atom. The van der Waals surface area contributed by atoms with Gasteiger partial charge in [0, 0.05) is 29.5 Å². The van der Waals surface area contributed by atoms with Gasteiger partial charge >= 0.3 is 0 Å². The topological polar surface area (TPSA) is 38.3 Å². The average Bonchev–Trinajstić information content (AvgIpc) is 2.84. The van der Waals surface area contributed by atoms with Crippen molar-refractivity contribution in [1.29, 1.82) is 0 Å². The van der Waals surface area contributed by atoms with Crippen LogP contribution in [0.4, 0.5) is 0 Å². The Balaban J connectivity index is 1.89. The van der Waals surface area contributed by atoms with E-state index in [0.29, 0.717) is 5.92 Å². The number of hydrogen-bond acceptors (Lipinski definition) is 2. The van der Waals surface area contributed by atoms with Crippen LogP contribution in [0.3, 0.4) is 0 Å². The number of carbonyl (C=O) groups is 1. The summed E-state index contributed by atoms with van der Waals surface area (Å²) in [5.74, 6) is 0.531. The summed E-state index contributed by atoms with van der Waals surface area (Å²) < 4.78 is 5.63. The molecule has 2 aliphatic rings. The van der Waals surface area contributed by atoms with Crippen molar-refractivity contribution in [3.63, 3.8) is 0 Å². The molecule has 0 aromatic heterocycles. The number of halogens is 1. The van der Waals surface area contributed by atoms with Crippen molar-refractivity contribution in [3.05, 3.63) is 34.9 Å². The minimum absolute atomic E-state index is 0.0542. The molecule has 19 heavy (non-hydrogen) atoms. The first-order valence-electron chi connectivity index (χ1n) is 6.83. The predicted molar refractivity (Wildman–Crippen MR) is 77.7 cm³/mol. The van der Waals surface area contributed by atoms with Gasteiger partial charge in [-0.05, 0) is 37.0 Å². The van der Waals surface area contributed by atoms with Crippen LogP contribution in [0.15, 0.2) is 18.2 Å². The lowest BCUT2D eigenvalue weighted by atomic mass is 9.90. The number of alkyl halides is 1. The molecule has 0 bridgehead atoms. The first kappa shape index (κ1) is 13.1. The van der Waals surface area contributed by atoms with Gasteiger partial charge in [-0.3, -0.25) is 4.79 Å². The Bertz CT molecular complexity index is 503. The number of amides is 1. The van der Waals surface area contributed by atoms with Crippen LogP contribution in [0, 0.1) is 5.92 Å². The summed E-state index contributed by atoms with van der Waals surface area (Å²) in [7, 11) is 0. The van der Waals surface area contributed by atoms with Crippen LogP contribution in [0.25, 0.3) is 0 Å². The second-order valence-corrected chi connectivity index (χ2v) is 6.34. The molecule has 0 saturated carbocycles. The van der Waals surface area contributed by atoms with Gasteiger partial charge in [-0.15, -0.1) is 0 Å². The molecule has 2 heterocycles. The van der Waals surface area contributed by atoms with Gasteiger partial charge in [0.2, 0.25) is 0 Å². The van der Waals surface area contributed by atoms with Crippen LogP contribution in [0.1, 0.15) is 39.7 Å². The highest BCUT2D eigenvalue weighted by Gasteiger charge is 2.32. The molecule has 4 heteroatoms. The largest absolute Gasteiger partial charge is 0.378 e. The number of carbonyl (C=O) groups excluding carboxylic acids is 1. The number of fused-ring (bicyclic) bond motifs is 1. The molecule has 3 unspecified atom stereocenters. The third-order valence-electron chi connectivity index (χ3n) is 4.19. The molecule has 102 valence electrons. The van der Waals surface area contributed by atoms with Gasteiger partial charge in [0.1, 0.15) is 0 Å². The summed E-state index contributed by atoms with van der Waals surface area (Å²) in [5, 5.41) is 2.90. The van der Waals surface area contributed by atoms with E-state index in [1.54, 1.807) is 0 Å². The van der Waals surface area contributed by atoms with Gasteiger partial charge in [-0.1, -0.05) is 28.1 Å². The van der Waals surface area contributed by atoms with Gasteiger partial charge in [-0.25, -0.2) is 0 Å². The maximum absolute atomic E-state index is 11.9. The molecule has 3 rings (SSSR count). The SMILES string of the molecule is CC1OCCC1C(Br)c1ccc2c(c1)C(=O)NCC2. The first-order valence-corrected chi connectivity index (χ1v) is 7.75. The van der Waals surface area contributed by atoms with E-state index in [1.165, 1.54) is 5.56 Å². The summed E-state index contributed by atoms with van der Waals surface area (Å²) in [5.41, 5.74) is 3.17. The van der Waals surface area contributed by atoms with Gasteiger partial charge in [0.25, 0.3) is 5.91 Å². The molecule has 1 saturated heterocycles. The van der Waals surface area contributed by atoms with E-state index in [4.69, 9.17) is 4.74 Å². The quantitative estimate of drug-likeness (QED) is 0.850. The van der Waals surface area contributed by atoms with Crippen LogP contribution in [-0.2, 0) is 11.2 Å². The third-order valence-corrected chi connectivity index (χ3v) is 5.40. The number of hydrogen-bond donors (Lipinski definition) is 1. The minimum Gasteiger partial charge on any atom is -0.378 e. The summed E-state index contributed by atoms with van der Waals surface area (Å²) in [4.78, 5) is 12.1. The molecular weight excluding hydrogens is 306 g/mol. The van der Waals surface area contributed by atoms with Crippen LogP contribution in [0.5, 0.6) is 0 Å². The van der Waals surface area contributed by atoms with E-state index in [1.807, 2.05) is 6.07 Å². The van der Waals surface area contributed by atoms with Crippen molar-refractivity contribution in [2.24, 2.45) is 5.92 Å². The van der Waals surface area contributed by atoms with Gasteiger partial charge in [0.05, 0.1) is 6.10 Å². The summed E-state index contributed by atoms with van der Waals surface area (Å²) in [6.45, 7) is 3.70. The molecule has 1 aromatic carbocycles. The van der Waals surface area contributed by atoms with E-state index in [0.717, 1.165) is 37.1 Å². The fourth-order valence-corrected chi connectivity index (χ4v) is 3.96. The zero-order chi connectivity index (χ0) is 13.4. The Kier molecular flexibility index (Phi) is 3.63. The second kappa shape index (κ2) is 5.25. The maximum Gasteiger partial charge on any atom is 0.251 e. The summed E-state index contributed by atoms with van der Waals surface area (Å²) >= 11 is 3.79. The zero-order valence-electron chi connectivity index (χ0n) is 11.0. The highest BCUT2D eigenvalue weighted by Crippen LogP contribution is 2.40. The van der Waals surface area contributed by atoms with Crippen molar-refractivity contribution >= 4 is 21.8 Å². The molecule has 0 aliphatic carbocycles. The van der Waals surface area contributed by atoms with Crippen molar-refractivity contribution in [2.75, 3.05) is 13.2 Å². The third kappa shape index (κ3) is 2.43.